The molecule has 114 valence electrons. The summed E-state index contributed by atoms with van der Waals surface area (Å²) >= 11 is 7.44. The van der Waals surface area contributed by atoms with Crippen LogP contribution in [0.4, 0.5) is 11.6 Å². The van der Waals surface area contributed by atoms with Gasteiger partial charge < -0.3 is 14.9 Å². The fourth-order valence-electron chi connectivity index (χ4n) is 2.23. The lowest BCUT2D eigenvalue weighted by Crippen LogP contribution is -2.33. The van der Waals surface area contributed by atoms with Crippen LogP contribution in [-0.4, -0.2) is 20.1 Å². The van der Waals surface area contributed by atoms with E-state index in [0.717, 1.165) is 10.8 Å². The molecule has 5 nitrogen and oxygen atoms in total. The summed E-state index contributed by atoms with van der Waals surface area (Å²) in [5.74, 6) is 0.860. The van der Waals surface area contributed by atoms with Gasteiger partial charge in [0, 0.05) is 17.8 Å². The molecule has 0 saturated carbocycles. The van der Waals surface area contributed by atoms with Crippen molar-refractivity contribution in [1.82, 2.24) is 0 Å². The second kappa shape index (κ2) is 5.90. The van der Waals surface area contributed by atoms with E-state index in [2.05, 4.69) is 4.99 Å². The highest BCUT2D eigenvalue weighted by Crippen LogP contribution is 2.44. The number of nitrogens with zero attached hydrogens (tertiary/aromatic N) is 2. The molecule has 0 atom stereocenters. The van der Waals surface area contributed by atoms with Crippen molar-refractivity contribution in [2.24, 2.45) is 10.7 Å². The molecule has 1 aromatic carbocycles. The van der Waals surface area contributed by atoms with Crippen LogP contribution in [0, 0.1) is 0 Å². The minimum Gasteiger partial charge on any atom is -0.486 e. The Morgan fingerprint density at radius 2 is 2.18 bits per heavy atom. The van der Waals surface area contributed by atoms with Crippen molar-refractivity contribution in [3.63, 3.8) is 0 Å². The lowest BCUT2D eigenvalue weighted by molar-refractivity contribution is 0.428. The lowest BCUT2D eigenvalue weighted by atomic mass is 10.2. The van der Waals surface area contributed by atoms with Crippen LogP contribution >= 0.6 is 22.9 Å². The molecule has 0 bridgehead atoms. The number of anilines is 2. The van der Waals surface area contributed by atoms with E-state index < -0.39 is 0 Å². The van der Waals surface area contributed by atoms with E-state index in [1.54, 1.807) is 31.4 Å². The number of hydrogen-bond donors (Lipinski definition) is 1. The molecular formula is C15H14ClN3O2S. The van der Waals surface area contributed by atoms with Crippen LogP contribution in [0.2, 0.25) is 4.34 Å². The maximum Gasteiger partial charge on any atom is 0.214 e. The van der Waals surface area contributed by atoms with Crippen molar-refractivity contribution in [1.29, 1.82) is 0 Å². The molecule has 0 spiro atoms. The summed E-state index contributed by atoms with van der Waals surface area (Å²) < 4.78 is 11.7. The average Bonchev–Trinajstić information content (AvgIpc) is 3.12. The first-order chi connectivity index (χ1) is 10.7. The molecule has 0 aliphatic heterocycles. The number of benzene rings is 1. The summed E-state index contributed by atoms with van der Waals surface area (Å²) in [4.78, 5) is 5.78. The third-order valence-corrected chi connectivity index (χ3v) is 4.44. The van der Waals surface area contributed by atoms with Crippen molar-refractivity contribution in [3.05, 3.63) is 40.9 Å². The number of rotatable bonds is 3. The predicted octanol–water partition coefficient (Wildman–Crippen LogP) is 4.24. The molecule has 0 unspecified atom stereocenters. The quantitative estimate of drug-likeness (QED) is 0.574. The summed E-state index contributed by atoms with van der Waals surface area (Å²) in [6.45, 7) is 0. The number of fused-ring (bicyclic) bond motifs is 1. The molecule has 0 radical (unpaired) electrons. The second-order valence-electron chi connectivity index (χ2n) is 4.47. The van der Waals surface area contributed by atoms with Gasteiger partial charge in [-0.15, -0.1) is 0 Å². The monoisotopic (exact) mass is 335 g/mol. The number of thiophene rings is 1. The Morgan fingerprint density at radius 3 is 2.91 bits per heavy atom. The van der Waals surface area contributed by atoms with Crippen molar-refractivity contribution in [2.75, 3.05) is 19.1 Å². The Kier molecular flexibility index (Phi) is 3.96. The molecule has 0 fully saturated rings. The fourth-order valence-corrected chi connectivity index (χ4v) is 3.23. The first-order valence-corrected chi connectivity index (χ1v) is 7.67. The minimum absolute atomic E-state index is 0.285. The third kappa shape index (κ3) is 2.40. The van der Waals surface area contributed by atoms with Crippen LogP contribution in [0.25, 0.3) is 10.8 Å². The summed E-state index contributed by atoms with van der Waals surface area (Å²) in [6.07, 6.45) is 1.68. The molecule has 3 rings (SSSR count). The highest BCUT2D eigenvalue weighted by Gasteiger charge is 2.24. The van der Waals surface area contributed by atoms with Crippen LogP contribution in [0.3, 0.4) is 0 Å². The average molecular weight is 336 g/mol. The number of nitrogens with two attached hydrogens (primary N) is 1. The highest BCUT2D eigenvalue weighted by molar-refractivity contribution is 7.18. The summed E-state index contributed by atoms with van der Waals surface area (Å²) in [5.41, 5.74) is 6.78. The van der Waals surface area contributed by atoms with Crippen molar-refractivity contribution in [2.45, 2.75) is 0 Å². The summed E-state index contributed by atoms with van der Waals surface area (Å²) in [6, 6.07) is 9.60. The summed E-state index contributed by atoms with van der Waals surface area (Å²) in [5, 5.41) is 2.54. The smallest absolute Gasteiger partial charge is 0.214 e. The Hall–Kier alpha value is -2.18. The number of aliphatic imine (C=N–C) groups is 1. The molecule has 0 saturated heterocycles. The fraction of sp³-hybridized carbons (Fsp3) is 0.133. The second-order valence-corrected chi connectivity index (χ2v) is 6.12. The van der Waals surface area contributed by atoms with Gasteiger partial charge in [0.1, 0.15) is 12.0 Å². The van der Waals surface area contributed by atoms with Gasteiger partial charge in [-0.3, -0.25) is 4.99 Å². The Balaban J connectivity index is 2.23. The van der Waals surface area contributed by atoms with E-state index in [4.69, 9.17) is 26.5 Å². The van der Waals surface area contributed by atoms with E-state index >= 15 is 0 Å². The van der Waals surface area contributed by atoms with Crippen LogP contribution in [0.15, 0.2) is 46.0 Å². The first-order valence-electron chi connectivity index (χ1n) is 6.47. The van der Waals surface area contributed by atoms with Crippen LogP contribution in [0.5, 0.6) is 5.06 Å². The van der Waals surface area contributed by atoms with Gasteiger partial charge in [0.2, 0.25) is 11.8 Å². The normalized spacial score (nSPS) is 11.9. The zero-order valence-electron chi connectivity index (χ0n) is 12.0. The van der Waals surface area contributed by atoms with Crippen molar-refractivity contribution >= 4 is 51.2 Å². The van der Waals surface area contributed by atoms with Gasteiger partial charge in [-0.25, -0.2) is 4.90 Å². The minimum atomic E-state index is 0.285. The van der Waals surface area contributed by atoms with Gasteiger partial charge in [-0.05, 0) is 12.1 Å². The largest absolute Gasteiger partial charge is 0.486 e. The maximum absolute atomic E-state index is 6.12. The Bertz CT molecular complexity index is 840. The SMILES string of the molecule is CN=C(N)N(c1cc(Cl)sc1OC)c1occ2ccccc12. The highest BCUT2D eigenvalue weighted by atomic mass is 35.5. The van der Waals surface area contributed by atoms with Crippen molar-refractivity contribution in [3.8, 4) is 5.06 Å². The molecular weight excluding hydrogens is 322 g/mol. The van der Waals surface area contributed by atoms with E-state index in [9.17, 15) is 0 Å². The van der Waals surface area contributed by atoms with E-state index in [-0.39, 0.29) is 5.96 Å². The molecule has 7 heteroatoms. The van der Waals surface area contributed by atoms with Gasteiger partial charge in [0.05, 0.1) is 11.4 Å². The van der Waals surface area contributed by atoms with E-state index in [1.807, 2.05) is 24.3 Å². The van der Waals surface area contributed by atoms with E-state index in [1.165, 1.54) is 11.3 Å². The topological polar surface area (TPSA) is 64.0 Å². The number of hydrogen-bond acceptors (Lipinski definition) is 4. The number of methoxy groups -OCH3 is 1. The molecule has 22 heavy (non-hydrogen) atoms. The Labute approximate surface area is 136 Å². The number of furan rings is 1. The van der Waals surface area contributed by atoms with Gasteiger partial charge in [-0.1, -0.05) is 41.1 Å². The van der Waals surface area contributed by atoms with Crippen LogP contribution in [-0.2, 0) is 0 Å². The van der Waals surface area contributed by atoms with Gasteiger partial charge in [0.25, 0.3) is 0 Å². The zero-order valence-corrected chi connectivity index (χ0v) is 13.6. The molecule has 2 heterocycles. The Morgan fingerprint density at radius 1 is 1.41 bits per heavy atom. The standard InChI is InChI=1S/C15H14ClN3O2S/c1-18-15(17)19(11-7-12(16)22-14(11)20-2)13-10-6-4-3-5-9(10)8-21-13/h3-8H,1-2H3,(H2,17,18). The van der Waals surface area contributed by atoms with Gasteiger partial charge in [-0.2, -0.15) is 0 Å². The van der Waals surface area contributed by atoms with Crippen LogP contribution < -0.4 is 15.4 Å². The molecule has 0 amide bonds. The maximum atomic E-state index is 6.12. The lowest BCUT2D eigenvalue weighted by Gasteiger charge is -2.20. The van der Waals surface area contributed by atoms with Crippen molar-refractivity contribution < 1.29 is 9.15 Å². The summed E-state index contributed by atoms with van der Waals surface area (Å²) in [7, 11) is 3.21. The molecule has 2 N–H and O–H groups in total. The number of guanidine groups is 1. The first kappa shape index (κ1) is 14.7. The predicted molar refractivity (Wildman–Crippen MR) is 91.8 cm³/mol. The molecule has 0 aliphatic rings. The number of halogens is 1. The molecule has 3 aromatic rings. The molecule has 2 aromatic heterocycles. The number of ether oxygens (including phenoxy) is 1. The van der Waals surface area contributed by atoms with Gasteiger partial charge in [0.15, 0.2) is 5.06 Å². The zero-order chi connectivity index (χ0) is 15.7. The van der Waals surface area contributed by atoms with Gasteiger partial charge >= 0.3 is 0 Å². The molecule has 0 aliphatic carbocycles. The van der Waals surface area contributed by atoms with Crippen LogP contribution in [0.1, 0.15) is 0 Å². The third-order valence-electron chi connectivity index (χ3n) is 3.23. The van der Waals surface area contributed by atoms with E-state index in [0.29, 0.717) is 21.0 Å².